The molecule has 0 heterocycles. The molecule has 0 unspecified atom stereocenters. The van der Waals surface area contributed by atoms with E-state index < -0.39 is 0 Å². The predicted molar refractivity (Wildman–Crippen MR) is 38.2 cm³/mol. The normalized spacial score (nSPS) is 9.67. The molecule has 0 aliphatic rings. The number of hydrogen-bond donors (Lipinski definition) is 0. The number of carbonyl (C=O) groups is 1. The van der Waals surface area contributed by atoms with Crippen LogP contribution in [-0.4, -0.2) is 6.29 Å². The molecule has 0 radical (unpaired) electrons. The Labute approximate surface area is 56.1 Å². The maximum absolute atomic E-state index is 10.2. The first kappa shape index (κ1) is 8.19. The molecule has 0 rings (SSSR count). The van der Waals surface area contributed by atoms with Crippen LogP contribution >= 0.6 is 0 Å². The zero-order valence-electron chi connectivity index (χ0n) is 6.14. The highest BCUT2D eigenvalue weighted by Crippen LogP contribution is 2.10. The van der Waals surface area contributed by atoms with E-state index in [1.807, 2.05) is 20.8 Å². The van der Waals surface area contributed by atoms with E-state index in [2.05, 4.69) is 5.73 Å². The third-order valence-electron chi connectivity index (χ3n) is 0.926. The van der Waals surface area contributed by atoms with Crippen LogP contribution in [0.3, 0.4) is 0 Å². The van der Waals surface area contributed by atoms with Gasteiger partial charge in [-0.25, -0.2) is 0 Å². The zero-order chi connectivity index (χ0) is 7.33. The molecule has 0 bridgehead atoms. The van der Waals surface area contributed by atoms with E-state index in [1.54, 1.807) is 12.2 Å². The minimum absolute atomic E-state index is 0.355. The molecular formula is C8H12O. The fourth-order valence-corrected chi connectivity index (χ4v) is 0.332. The van der Waals surface area contributed by atoms with Gasteiger partial charge in [0.2, 0.25) is 0 Å². The molecule has 0 aromatic heterocycles. The molecular weight excluding hydrogens is 112 g/mol. The molecule has 9 heavy (non-hydrogen) atoms. The van der Waals surface area contributed by atoms with Crippen molar-refractivity contribution in [2.75, 3.05) is 0 Å². The van der Waals surface area contributed by atoms with Crippen molar-refractivity contribution in [2.45, 2.75) is 20.8 Å². The highest BCUT2D eigenvalue weighted by molar-refractivity contribution is 5.60. The SMILES string of the molecule is CC=C=CC(C)(C)C=O. The van der Waals surface area contributed by atoms with Gasteiger partial charge in [-0.1, -0.05) is 0 Å². The van der Waals surface area contributed by atoms with Crippen LogP contribution in [0.15, 0.2) is 17.9 Å². The average Bonchev–Trinajstić information content (AvgIpc) is 1.84. The summed E-state index contributed by atoms with van der Waals surface area (Å²) in [6.07, 6.45) is 4.44. The number of allylic oxidation sites excluding steroid dienone is 1. The summed E-state index contributed by atoms with van der Waals surface area (Å²) in [5.74, 6) is 0. The Bertz CT molecular complexity index is 148. The fourth-order valence-electron chi connectivity index (χ4n) is 0.332. The van der Waals surface area contributed by atoms with Crippen LogP contribution in [0, 0.1) is 5.41 Å². The van der Waals surface area contributed by atoms with Gasteiger partial charge in [0, 0.05) is 5.41 Å². The van der Waals surface area contributed by atoms with E-state index in [0.717, 1.165) is 6.29 Å². The minimum Gasteiger partial charge on any atom is -0.302 e. The van der Waals surface area contributed by atoms with Crippen molar-refractivity contribution in [2.24, 2.45) is 5.41 Å². The van der Waals surface area contributed by atoms with Crippen molar-refractivity contribution in [3.05, 3.63) is 17.9 Å². The third-order valence-corrected chi connectivity index (χ3v) is 0.926. The molecule has 50 valence electrons. The Morgan fingerprint density at radius 1 is 1.44 bits per heavy atom. The van der Waals surface area contributed by atoms with Gasteiger partial charge in [0.1, 0.15) is 6.29 Å². The Hall–Kier alpha value is -0.810. The molecule has 0 aromatic carbocycles. The first-order chi connectivity index (χ1) is 4.12. The van der Waals surface area contributed by atoms with Crippen molar-refractivity contribution < 1.29 is 4.79 Å². The van der Waals surface area contributed by atoms with Gasteiger partial charge in [-0.05, 0) is 32.9 Å². The van der Waals surface area contributed by atoms with Crippen molar-refractivity contribution in [3.8, 4) is 0 Å². The maximum atomic E-state index is 10.2. The topological polar surface area (TPSA) is 17.1 Å². The van der Waals surface area contributed by atoms with Crippen LogP contribution in [0.1, 0.15) is 20.8 Å². The largest absolute Gasteiger partial charge is 0.302 e. The van der Waals surface area contributed by atoms with E-state index >= 15 is 0 Å². The van der Waals surface area contributed by atoms with Gasteiger partial charge in [-0.3, -0.25) is 0 Å². The molecule has 1 nitrogen and oxygen atoms in total. The molecule has 0 aromatic rings. The average molecular weight is 124 g/mol. The van der Waals surface area contributed by atoms with Gasteiger partial charge in [0.05, 0.1) is 0 Å². The molecule has 0 saturated heterocycles. The van der Waals surface area contributed by atoms with Gasteiger partial charge >= 0.3 is 0 Å². The Kier molecular flexibility index (Phi) is 2.97. The monoisotopic (exact) mass is 124 g/mol. The summed E-state index contributed by atoms with van der Waals surface area (Å²) in [5.41, 5.74) is 2.50. The zero-order valence-corrected chi connectivity index (χ0v) is 6.14. The quantitative estimate of drug-likeness (QED) is 0.406. The summed E-state index contributed by atoms with van der Waals surface area (Å²) in [6, 6.07) is 0. The molecule has 0 amide bonds. The van der Waals surface area contributed by atoms with Crippen LogP contribution in [0.4, 0.5) is 0 Å². The standard InChI is InChI=1S/C8H12O/c1-4-5-6-8(2,3)7-9/h4,6-7H,1-3H3. The van der Waals surface area contributed by atoms with Crippen LogP contribution in [0.5, 0.6) is 0 Å². The molecule has 0 aliphatic carbocycles. The molecule has 1 heteroatoms. The number of rotatable bonds is 2. The third kappa shape index (κ3) is 3.75. The van der Waals surface area contributed by atoms with Gasteiger partial charge in [-0.15, -0.1) is 5.73 Å². The van der Waals surface area contributed by atoms with Crippen molar-refractivity contribution >= 4 is 6.29 Å². The van der Waals surface area contributed by atoms with Gasteiger partial charge in [-0.2, -0.15) is 0 Å². The lowest BCUT2D eigenvalue weighted by Crippen LogP contribution is -2.07. The fraction of sp³-hybridized carbons (Fsp3) is 0.500. The predicted octanol–water partition coefficient (Wildman–Crippen LogP) is 1.94. The highest BCUT2D eigenvalue weighted by atomic mass is 16.1. The smallest absolute Gasteiger partial charge is 0.129 e. The van der Waals surface area contributed by atoms with E-state index in [1.165, 1.54) is 0 Å². The second kappa shape index (κ2) is 3.26. The second-order valence-electron chi connectivity index (χ2n) is 2.54. The summed E-state index contributed by atoms with van der Waals surface area (Å²) < 4.78 is 0. The van der Waals surface area contributed by atoms with Crippen LogP contribution < -0.4 is 0 Å². The number of carbonyl (C=O) groups excluding carboxylic acids is 1. The summed E-state index contributed by atoms with van der Waals surface area (Å²) in [5, 5.41) is 0. The lowest BCUT2D eigenvalue weighted by Gasteiger charge is -2.06. The Balaban J connectivity index is 4.18. The lowest BCUT2D eigenvalue weighted by molar-refractivity contribution is -0.112. The number of aldehydes is 1. The van der Waals surface area contributed by atoms with Gasteiger partial charge in [0.25, 0.3) is 0 Å². The van der Waals surface area contributed by atoms with Crippen molar-refractivity contribution in [1.82, 2.24) is 0 Å². The maximum Gasteiger partial charge on any atom is 0.129 e. The Morgan fingerprint density at radius 2 is 2.00 bits per heavy atom. The van der Waals surface area contributed by atoms with E-state index in [0.29, 0.717) is 0 Å². The highest BCUT2D eigenvalue weighted by Gasteiger charge is 2.09. The van der Waals surface area contributed by atoms with Crippen LogP contribution in [0.25, 0.3) is 0 Å². The van der Waals surface area contributed by atoms with Gasteiger partial charge in [0.15, 0.2) is 0 Å². The first-order valence-corrected chi connectivity index (χ1v) is 2.97. The van der Waals surface area contributed by atoms with Crippen LogP contribution in [0.2, 0.25) is 0 Å². The van der Waals surface area contributed by atoms with Crippen molar-refractivity contribution in [3.63, 3.8) is 0 Å². The summed E-state index contributed by atoms with van der Waals surface area (Å²) in [4.78, 5) is 10.2. The minimum atomic E-state index is -0.355. The second-order valence-corrected chi connectivity index (χ2v) is 2.54. The molecule has 0 spiro atoms. The summed E-state index contributed by atoms with van der Waals surface area (Å²) in [7, 11) is 0. The van der Waals surface area contributed by atoms with E-state index in [4.69, 9.17) is 0 Å². The molecule has 0 atom stereocenters. The molecule has 0 aliphatic heterocycles. The molecule has 0 fully saturated rings. The molecule has 0 saturated carbocycles. The first-order valence-electron chi connectivity index (χ1n) is 2.97. The lowest BCUT2D eigenvalue weighted by atomic mass is 9.96. The summed E-state index contributed by atoms with van der Waals surface area (Å²) in [6.45, 7) is 5.56. The van der Waals surface area contributed by atoms with Crippen molar-refractivity contribution in [1.29, 1.82) is 0 Å². The van der Waals surface area contributed by atoms with E-state index in [9.17, 15) is 4.79 Å². The van der Waals surface area contributed by atoms with Crippen LogP contribution in [-0.2, 0) is 4.79 Å². The number of hydrogen-bond acceptors (Lipinski definition) is 1. The van der Waals surface area contributed by atoms with E-state index in [-0.39, 0.29) is 5.41 Å². The summed E-state index contributed by atoms with van der Waals surface area (Å²) >= 11 is 0. The van der Waals surface area contributed by atoms with Gasteiger partial charge < -0.3 is 4.79 Å². The molecule has 0 N–H and O–H groups in total. The Morgan fingerprint density at radius 3 is 2.33 bits per heavy atom.